The number of halogens is 1. The Morgan fingerprint density at radius 3 is 1.78 bits per heavy atom. The van der Waals surface area contributed by atoms with Gasteiger partial charge in [-0.2, -0.15) is 4.90 Å². The van der Waals surface area contributed by atoms with Crippen molar-refractivity contribution in [2.45, 2.75) is 59.7 Å². The maximum Gasteiger partial charge on any atom is 0.425 e. The number of aryl methyl sites for hydroxylation is 1. The van der Waals surface area contributed by atoms with E-state index in [2.05, 4.69) is 4.98 Å². The average Bonchev–Trinajstić information content (AvgIpc) is 2.29. The number of carbonyl (C=O) groups excluding carboxylic acids is 2. The van der Waals surface area contributed by atoms with E-state index in [9.17, 15) is 14.0 Å². The summed E-state index contributed by atoms with van der Waals surface area (Å²) >= 11 is 0. The van der Waals surface area contributed by atoms with Gasteiger partial charge in [-0.3, -0.25) is 0 Å². The molecule has 0 aliphatic heterocycles. The molecule has 6 nitrogen and oxygen atoms in total. The number of anilines is 1. The largest absolute Gasteiger partial charge is 0.443 e. The van der Waals surface area contributed by atoms with Gasteiger partial charge in [0.25, 0.3) is 0 Å². The molecule has 0 fully saturated rings. The van der Waals surface area contributed by atoms with Crippen LogP contribution in [0.25, 0.3) is 0 Å². The molecule has 0 aliphatic rings. The van der Waals surface area contributed by atoms with E-state index in [0.29, 0.717) is 4.90 Å². The van der Waals surface area contributed by atoms with Gasteiger partial charge >= 0.3 is 12.2 Å². The van der Waals surface area contributed by atoms with Crippen LogP contribution in [0.1, 0.15) is 47.2 Å². The van der Waals surface area contributed by atoms with Crippen LogP contribution in [-0.2, 0) is 9.47 Å². The van der Waals surface area contributed by atoms with E-state index >= 15 is 0 Å². The molecular weight excluding hydrogens is 303 g/mol. The molecule has 0 spiro atoms. The minimum Gasteiger partial charge on any atom is -0.443 e. The van der Waals surface area contributed by atoms with Crippen molar-refractivity contribution in [1.82, 2.24) is 4.98 Å². The number of nitrogens with zero attached hydrogens (tertiary/aromatic N) is 2. The molecule has 1 aromatic rings. The lowest BCUT2D eigenvalue weighted by molar-refractivity contribution is 0.0429. The van der Waals surface area contributed by atoms with Crippen LogP contribution in [0.5, 0.6) is 0 Å². The van der Waals surface area contributed by atoms with Crippen molar-refractivity contribution in [3.63, 3.8) is 0 Å². The topological polar surface area (TPSA) is 68.7 Å². The number of amides is 2. The second kappa shape index (κ2) is 6.52. The lowest BCUT2D eigenvalue weighted by Gasteiger charge is -2.28. The summed E-state index contributed by atoms with van der Waals surface area (Å²) in [6.07, 6.45) is -1.88. The van der Waals surface area contributed by atoms with Crippen molar-refractivity contribution in [1.29, 1.82) is 0 Å². The smallest absolute Gasteiger partial charge is 0.425 e. The van der Waals surface area contributed by atoms with E-state index in [1.807, 2.05) is 0 Å². The van der Waals surface area contributed by atoms with E-state index in [0.717, 1.165) is 6.07 Å². The molecule has 128 valence electrons. The molecule has 0 aliphatic carbocycles. The van der Waals surface area contributed by atoms with Gasteiger partial charge in [0.1, 0.15) is 22.8 Å². The van der Waals surface area contributed by atoms with Crippen molar-refractivity contribution in [2.24, 2.45) is 0 Å². The molecule has 0 bridgehead atoms. The highest BCUT2D eigenvalue weighted by atomic mass is 19.1. The molecule has 0 radical (unpaired) electrons. The van der Waals surface area contributed by atoms with Gasteiger partial charge in [-0.25, -0.2) is 19.0 Å². The lowest BCUT2D eigenvalue weighted by Crippen LogP contribution is -2.44. The molecule has 2 amide bonds. The van der Waals surface area contributed by atoms with E-state index < -0.39 is 29.2 Å². The van der Waals surface area contributed by atoms with Gasteiger partial charge in [-0.05, 0) is 60.6 Å². The van der Waals surface area contributed by atoms with Gasteiger partial charge < -0.3 is 9.47 Å². The minimum atomic E-state index is -0.940. The molecule has 1 rings (SSSR count). The molecule has 0 saturated carbocycles. The third-order valence-corrected chi connectivity index (χ3v) is 2.39. The number of rotatable bonds is 1. The number of imide groups is 1. The lowest BCUT2D eigenvalue weighted by atomic mass is 10.2. The standard InChI is InChI=1S/C16H23FN2O4/c1-10-11(17)8-9-12(18-10)19(13(20)22-15(2,3)4)14(21)23-16(5,6)7/h8-9H,1-7H3. The maximum atomic E-state index is 13.4. The molecule has 0 saturated heterocycles. The van der Waals surface area contributed by atoms with Crippen LogP contribution in [0.15, 0.2) is 12.1 Å². The van der Waals surface area contributed by atoms with Crippen molar-refractivity contribution in [2.75, 3.05) is 4.90 Å². The fourth-order valence-corrected chi connectivity index (χ4v) is 1.53. The predicted molar refractivity (Wildman–Crippen MR) is 83.9 cm³/mol. The molecule has 0 aromatic carbocycles. The second-order valence-corrected chi connectivity index (χ2v) is 7.03. The van der Waals surface area contributed by atoms with Crippen LogP contribution in [0.2, 0.25) is 0 Å². The fraction of sp³-hybridized carbons (Fsp3) is 0.562. The molecule has 0 atom stereocenters. The van der Waals surface area contributed by atoms with Crippen LogP contribution in [0, 0.1) is 12.7 Å². The zero-order valence-electron chi connectivity index (χ0n) is 14.6. The number of carbonyl (C=O) groups is 2. The molecule has 0 unspecified atom stereocenters. The summed E-state index contributed by atoms with van der Waals surface area (Å²) in [5.74, 6) is -0.602. The quantitative estimate of drug-likeness (QED) is 0.773. The molecular formula is C16H23FN2O4. The van der Waals surface area contributed by atoms with E-state index in [1.165, 1.54) is 13.0 Å². The molecule has 7 heteroatoms. The first-order valence-corrected chi connectivity index (χ1v) is 7.19. The SMILES string of the molecule is Cc1nc(N(C(=O)OC(C)(C)C)C(=O)OC(C)(C)C)ccc1F. The second-order valence-electron chi connectivity index (χ2n) is 7.03. The zero-order chi connectivity index (χ0) is 18.0. The van der Waals surface area contributed by atoms with E-state index in [-0.39, 0.29) is 11.5 Å². The Hall–Kier alpha value is -2.18. The van der Waals surface area contributed by atoms with Crippen LogP contribution in [0.3, 0.4) is 0 Å². The molecule has 1 heterocycles. The predicted octanol–water partition coefficient (Wildman–Crippen LogP) is 4.21. The number of aromatic nitrogens is 1. The van der Waals surface area contributed by atoms with Crippen molar-refractivity contribution in [3.8, 4) is 0 Å². The third-order valence-electron chi connectivity index (χ3n) is 2.39. The first-order chi connectivity index (χ1) is 10.3. The Labute approximate surface area is 135 Å². The monoisotopic (exact) mass is 326 g/mol. The Morgan fingerprint density at radius 1 is 1.00 bits per heavy atom. The first kappa shape index (κ1) is 18.9. The molecule has 1 aromatic heterocycles. The van der Waals surface area contributed by atoms with Crippen LogP contribution >= 0.6 is 0 Å². The van der Waals surface area contributed by atoms with Crippen LogP contribution in [-0.4, -0.2) is 28.4 Å². The minimum absolute atomic E-state index is 0.0552. The first-order valence-electron chi connectivity index (χ1n) is 7.19. The number of ether oxygens (including phenoxy) is 2. The maximum absolute atomic E-state index is 13.4. The zero-order valence-corrected chi connectivity index (χ0v) is 14.6. The third kappa shape index (κ3) is 5.84. The van der Waals surface area contributed by atoms with Gasteiger partial charge in [-0.15, -0.1) is 0 Å². The van der Waals surface area contributed by atoms with Crippen LogP contribution in [0.4, 0.5) is 19.8 Å². The highest BCUT2D eigenvalue weighted by Gasteiger charge is 2.33. The average molecular weight is 326 g/mol. The Balaban J connectivity index is 3.22. The van der Waals surface area contributed by atoms with E-state index in [4.69, 9.17) is 9.47 Å². The van der Waals surface area contributed by atoms with E-state index in [1.54, 1.807) is 41.5 Å². The summed E-state index contributed by atoms with van der Waals surface area (Å²) in [5, 5.41) is 0. The Bertz CT molecular complexity index is 575. The summed E-state index contributed by atoms with van der Waals surface area (Å²) < 4.78 is 23.8. The van der Waals surface area contributed by atoms with Gasteiger partial charge in [0.2, 0.25) is 0 Å². The normalized spacial score (nSPS) is 11.8. The Morgan fingerprint density at radius 2 is 1.43 bits per heavy atom. The molecule has 0 N–H and O–H groups in total. The molecule has 23 heavy (non-hydrogen) atoms. The van der Waals surface area contributed by atoms with Crippen LogP contribution < -0.4 is 4.90 Å². The fourth-order valence-electron chi connectivity index (χ4n) is 1.53. The number of hydrogen-bond acceptors (Lipinski definition) is 5. The van der Waals surface area contributed by atoms with Gasteiger partial charge in [0, 0.05) is 0 Å². The van der Waals surface area contributed by atoms with Gasteiger partial charge in [0.15, 0.2) is 0 Å². The van der Waals surface area contributed by atoms with Crippen molar-refractivity contribution >= 4 is 18.0 Å². The summed E-state index contributed by atoms with van der Waals surface area (Å²) in [5.41, 5.74) is -1.57. The number of hydrogen-bond donors (Lipinski definition) is 0. The van der Waals surface area contributed by atoms with Gasteiger partial charge in [0.05, 0.1) is 5.69 Å². The summed E-state index contributed by atoms with van der Waals surface area (Å²) in [6.45, 7) is 11.4. The highest BCUT2D eigenvalue weighted by molar-refractivity contribution is 6.08. The Kier molecular flexibility index (Phi) is 5.35. The number of pyridine rings is 1. The van der Waals surface area contributed by atoms with Gasteiger partial charge in [-0.1, -0.05) is 0 Å². The highest BCUT2D eigenvalue weighted by Crippen LogP contribution is 2.21. The summed E-state index contributed by atoms with van der Waals surface area (Å²) in [6, 6.07) is 2.34. The summed E-state index contributed by atoms with van der Waals surface area (Å²) in [7, 11) is 0. The van der Waals surface area contributed by atoms with Crippen molar-refractivity contribution in [3.05, 3.63) is 23.6 Å². The summed E-state index contributed by atoms with van der Waals surface area (Å²) in [4.78, 5) is 29.3. The van der Waals surface area contributed by atoms with Crippen molar-refractivity contribution < 1.29 is 23.5 Å².